The fraction of sp³-hybridized carbons (Fsp3) is 0.429. The standard InChI is InChI=1S/C14H15N3O/c15-9-10-2-1-3-12(8-10)17-7-6-13(14(17)18)16-11-4-5-11/h1-3,8,11,13,16H,4-7H2. The van der Waals surface area contributed by atoms with Crippen LogP contribution in [0.3, 0.4) is 0 Å². The summed E-state index contributed by atoms with van der Waals surface area (Å²) in [4.78, 5) is 14.0. The molecule has 1 aromatic rings. The molecule has 1 aliphatic carbocycles. The van der Waals surface area contributed by atoms with Crippen molar-refractivity contribution in [1.82, 2.24) is 5.32 Å². The third-order valence-electron chi connectivity index (χ3n) is 3.51. The van der Waals surface area contributed by atoms with Gasteiger partial charge in [-0.25, -0.2) is 0 Å². The van der Waals surface area contributed by atoms with E-state index >= 15 is 0 Å². The van der Waals surface area contributed by atoms with Crippen LogP contribution in [0.25, 0.3) is 0 Å². The number of amides is 1. The van der Waals surface area contributed by atoms with Crippen LogP contribution in [-0.4, -0.2) is 24.5 Å². The summed E-state index contributed by atoms with van der Waals surface area (Å²) in [6.45, 7) is 0.734. The molecule has 18 heavy (non-hydrogen) atoms. The molecule has 1 saturated carbocycles. The van der Waals surface area contributed by atoms with Gasteiger partial charge in [-0.2, -0.15) is 5.26 Å². The fourth-order valence-corrected chi connectivity index (χ4v) is 2.37. The quantitative estimate of drug-likeness (QED) is 0.870. The van der Waals surface area contributed by atoms with Gasteiger partial charge < -0.3 is 10.2 Å². The van der Waals surface area contributed by atoms with Crippen LogP contribution in [0.15, 0.2) is 24.3 Å². The van der Waals surface area contributed by atoms with Crippen LogP contribution in [0.4, 0.5) is 5.69 Å². The lowest BCUT2D eigenvalue weighted by Crippen LogP contribution is -2.39. The SMILES string of the molecule is N#Cc1cccc(N2CCC(NC3CC3)C2=O)c1. The Hall–Kier alpha value is -1.86. The van der Waals surface area contributed by atoms with E-state index in [1.54, 1.807) is 17.0 Å². The molecule has 4 heteroatoms. The molecule has 92 valence electrons. The molecule has 1 amide bonds. The highest BCUT2D eigenvalue weighted by atomic mass is 16.2. The van der Waals surface area contributed by atoms with Gasteiger partial charge in [-0.15, -0.1) is 0 Å². The second kappa shape index (κ2) is 4.43. The first-order valence-corrected chi connectivity index (χ1v) is 6.35. The maximum Gasteiger partial charge on any atom is 0.244 e. The normalized spacial score (nSPS) is 23.2. The van der Waals surface area contributed by atoms with E-state index in [0.29, 0.717) is 11.6 Å². The average molecular weight is 241 g/mol. The molecule has 3 rings (SSSR count). The molecule has 2 aliphatic rings. The van der Waals surface area contributed by atoms with Crippen molar-refractivity contribution in [3.05, 3.63) is 29.8 Å². The third kappa shape index (κ3) is 2.09. The Kier molecular flexibility index (Phi) is 2.77. The topological polar surface area (TPSA) is 56.1 Å². The van der Waals surface area contributed by atoms with Crippen molar-refractivity contribution in [3.63, 3.8) is 0 Å². The molecular weight excluding hydrogens is 226 g/mol. The summed E-state index contributed by atoms with van der Waals surface area (Å²) >= 11 is 0. The van der Waals surface area contributed by atoms with Gasteiger partial charge in [0.15, 0.2) is 0 Å². The predicted molar refractivity (Wildman–Crippen MR) is 68.1 cm³/mol. The zero-order valence-electron chi connectivity index (χ0n) is 10.1. The van der Waals surface area contributed by atoms with Crippen LogP contribution < -0.4 is 10.2 Å². The summed E-state index contributed by atoms with van der Waals surface area (Å²) in [6.07, 6.45) is 3.23. The summed E-state index contributed by atoms with van der Waals surface area (Å²) in [6, 6.07) is 9.85. The Morgan fingerprint density at radius 2 is 2.17 bits per heavy atom. The maximum absolute atomic E-state index is 12.2. The molecular formula is C14H15N3O. The first-order chi connectivity index (χ1) is 8.78. The Labute approximate surface area is 106 Å². The number of hydrogen-bond acceptors (Lipinski definition) is 3. The number of carbonyl (C=O) groups excluding carboxylic acids is 1. The Morgan fingerprint density at radius 1 is 1.33 bits per heavy atom. The first-order valence-electron chi connectivity index (χ1n) is 6.35. The lowest BCUT2D eigenvalue weighted by molar-refractivity contribution is -0.118. The molecule has 1 saturated heterocycles. The number of benzene rings is 1. The van der Waals surface area contributed by atoms with Crippen LogP contribution >= 0.6 is 0 Å². The second-order valence-corrected chi connectivity index (χ2v) is 4.93. The summed E-state index contributed by atoms with van der Waals surface area (Å²) in [5, 5.41) is 12.3. The Morgan fingerprint density at radius 3 is 2.89 bits per heavy atom. The first kappa shape index (κ1) is 11.2. The molecule has 1 aromatic carbocycles. The minimum atomic E-state index is -0.0387. The van der Waals surface area contributed by atoms with Crippen molar-refractivity contribution in [3.8, 4) is 6.07 Å². The van der Waals surface area contributed by atoms with Gasteiger partial charge in [0.1, 0.15) is 0 Å². The Bertz CT molecular complexity index is 516. The molecule has 1 heterocycles. The molecule has 0 radical (unpaired) electrons. The van der Waals surface area contributed by atoms with Gasteiger partial charge in [-0.05, 0) is 37.5 Å². The summed E-state index contributed by atoms with van der Waals surface area (Å²) in [5.41, 5.74) is 1.43. The van der Waals surface area contributed by atoms with E-state index in [2.05, 4.69) is 11.4 Å². The largest absolute Gasteiger partial charge is 0.311 e. The Balaban J connectivity index is 1.76. The number of carbonyl (C=O) groups is 1. The van der Waals surface area contributed by atoms with Crippen molar-refractivity contribution < 1.29 is 4.79 Å². The van der Waals surface area contributed by atoms with E-state index in [1.165, 1.54) is 12.8 Å². The van der Waals surface area contributed by atoms with Crippen molar-refractivity contribution >= 4 is 11.6 Å². The highest BCUT2D eigenvalue weighted by Crippen LogP contribution is 2.26. The van der Waals surface area contributed by atoms with E-state index in [0.717, 1.165) is 18.7 Å². The zero-order valence-corrected chi connectivity index (χ0v) is 10.1. The molecule has 1 aliphatic heterocycles. The van der Waals surface area contributed by atoms with Crippen molar-refractivity contribution in [2.24, 2.45) is 0 Å². The molecule has 0 aromatic heterocycles. The molecule has 2 fully saturated rings. The van der Waals surface area contributed by atoms with Crippen LogP contribution in [0.2, 0.25) is 0 Å². The number of nitrogens with one attached hydrogen (secondary N) is 1. The lowest BCUT2D eigenvalue weighted by Gasteiger charge is -2.17. The average Bonchev–Trinajstić information content (AvgIpc) is 3.14. The van der Waals surface area contributed by atoms with Crippen LogP contribution in [-0.2, 0) is 4.79 Å². The van der Waals surface area contributed by atoms with Gasteiger partial charge >= 0.3 is 0 Å². The number of rotatable bonds is 3. The van der Waals surface area contributed by atoms with Crippen molar-refractivity contribution in [2.75, 3.05) is 11.4 Å². The number of anilines is 1. The van der Waals surface area contributed by atoms with E-state index in [9.17, 15) is 4.79 Å². The van der Waals surface area contributed by atoms with Gasteiger partial charge in [0, 0.05) is 18.3 Å². The van der Waals surface area contributed by atoms with Crippen LogP contribution in [0, 0.1) is 11.3 Å². The van der Waals surface area contributed by atoms with Crippen LogP contribution in [0.5, 0.6) is 0 Å². The number of nitrogens with zero attached hydrogens (tertiary/aromatic N) is 2. The minimum Gasteiger partial charge on any atom is -0.311 e. The lowest BCUT2D eigenvalue weighted by atomic mass is 10.2. The van der Waals surface area contributed by atoms with E-state index in [-0.39, 0.29) is 11.9 Å². The van der Waals surface area contributed by atoms with Gasteiger partial charge in [-0.3, -0.25) is 4.79 Å². The van der Waals surface area contributed by atoms with E-state index in [4.69, 9.17) is 5.26 Å². The number of hydrogen-bond donors (Lipinski definition) is 1. The summed E-state index contributed by atoms with van der Waals surface area (Å²) in [7, 11) is 0. The maximum atomic E-state index is 12.2. The third-order valence-corrected chi connectivity index (χ3v) is 3.51. The van der Waals surface area contributed by atoms with Crippen molar-refractivity contribution in [2.45, 2.75) is 31.3 Å². The van der Waals surface area contributed by atoms with Gasteiger partial charge in [0.2, 0.25) is 5.91 Å². The zero-order chi connectivity index (χ0) is 12.5. The second-order valence-electron chi connectivity index (χ2n) is 4.93. The predicted octanol–water partition coefficient (Wildman–Crippen LogP) is 1.42. The highest BCUT2D eigenvalue weighted by Gasteiger charge is 2.36. The van der Waals surface area contributed by atoms with E-state index in [1.807, 2.05) is 12.1 Å². The molecule has 0 bridgehead atoms. The van der Waals surface area contributed by atoms with Crippen molar-refractivity contribution in [1.29, 1.82) is 5.26 Å². The smallest absolute Gasteiger partial charge is 0.244 e. The monoisotopic (exact) mass is 241 g/mol. The van der Waals surface area contributed by atoms with Crippen LogP contribution in [0.1, 0.15) is 24.8 Å². The molecule has 1 atom stereocenters. The molecule has 4 nitrogen and oxygen atoms in total. The minimum absolute atomic E-state index is 0.0387. The van der Waals surface area contributed by atoms with E-state index < -0.39 is 0 Å². The number of nitriles is 1. The summed E-state index contributed by atoms with van der Waals surface area (Å²) < 4.78 is 0. The summed E-state index contributed by atoms with van der Waals surface area (Å²) in [5.74, 6) is 0.136. The van der Waals surface area contributed by atoms with Gasteiger partial charge in [0.05, 0.1) is 17.7 Å². The molecule has 0 spiro atoms. The van der Waals surface area contributed by atoms with Gasteiger partial charge in [-0.1, -0.05) is 6.07 Å². The molecule has 1 N–H and O–H groups in total. The fourth-order valence-electron chi connectivity index (χ4n) is 2.37. The molecule has 1 unspecified atom stereocenters. The highest BCUT2D eigenvalue weighted by molar-refractivity contribution is 5.99. The van der Waals surface area contributed by atoms with Gasteiger partial charge in [0.25, 0.3) is 0 Å².